The number of methoxy groups -OCH3 is 1. The maximum Gasteiger partial charge on any atom is 0.228 e. The lowest BCUT2D eigenvalue weighted by molar-refractivity contribution is 0.101. The Bertz CT molecular complexity index is 936. The van der Waals surface area contributed by atoms with E-state index in [0.717, 1.165) is 10.9 Å². The number of hydrogen-bond acceptors (Lipinski definition) is 4. The molecule has 24 heavy (non-hydrogen) atoms. The zero-order chi connectivity index (χ0) is 17.1. The van der Waals surface area contributed by atoms with Crippen LogP contribution in [0.25, 0.3) is 11.0 Å². The Morgan fingerprint density at radius 1 is 1.25 bits per heavy atom. The van der Waals surface area contributed by atoms with Crippen molar-refractivity contribution >= 4 is 28.4 Å². The Morgan fingerprint density at radius 3 is 2.67 bits per heavy atom. The molecule has 0 bridgehead atoms. The highest BCUT2D eigenvalue weighted by atomic mass is 35.5. The van der Waals surface area contributed by atoms with E-state index < -0.39 is 0 Å². The van der Waals surface area contributed by atoms with E-state index >= 15 is 0 Å². The van der Waals surface area contributed by atoms with Gasteiger partial charge in [0, 0.05) is 34.0 Å². The first-order valence-corrected chi connectivity index (χ1v) is 7.78. The monoisotopic (exact) mass is 339 g/mol. The predicted octanol–water partition coefficient (Wildman–Crippen LogP) is 4.78. The first-order valence-electron chi connectivity index (χ1n) is 7.40. The van der Waals surface area contributed by atoms with Crippen molar-refractivity contribution in [3.8, 4) is 11.8 Å². The van der Waals surface area contributed by atoms with Gasteiger partial charge in [-0.15, -0.1) is 0 Å². The second kappa shape index (κ2) is 6.77. The second-order valence-electron chi connectivity index (χ2n) is 5.27. The van der Waals surface area contributed by atoms with Crippen LogP contribution in [0.4, 0.5) is 0 Å². The van der Waals surface area contributed by atoms with E-state index in [9.17, 15) is 4.79 Å². The minimum Gasteiger partial charge on any atom is -0.497 e. The number of nitriles is 1. The van der Waals surface area contributed by atoms with Gasteiger partial charge in [-0.2, -0.15) is 5.26 Å². The molecule has 5 heteroatoms. The molecular formula is C19H14ClNO3. The summed E-state index contributed by atoms with van der Waals surface area (Å²) in [4.78, 5) is 12.8. The van der Waals surface area contributed by atoms with Crippen LogP contribution in [0.2, 0.25) is 5.02 Å². The molecule has 120 valence electrons. The molecule has 1 aromatic heterocycles. The van der Waals surface area contributed by atoms with Crippen LogP contribution >= 0.6 is 11.6 Å². The minimum absolute atomic E-state index is 0.227. The Kier molecular flexibility index (Phi) is 4.54. The molecule has 0 saturated carbocycles. The lowest BCUT2D eigenvalue weighted by atomic mass is 10.0. The van der Waals surface area contributed by atoms with Crippen molar-refractivity contribution in [2.24, 2.45) is 0 Å². The standard InChI is InChI=1S/C19H14ClNO3/c1-23-14-8-9-15-16(3-2-10-21)19(24-17(15)11-14)18(22)12-4-6-13(20)7-5-12/h4-9,11H,2-3H2,1H3. The number of hydrogen-bond donors (Lipinski definition) is 0. The fraction of sp³-hybridized carbons (Fsp3) is 0.158. The SMILES string of the molecule is COc1ccc2c(CCC#N)c(C(=O)c3ccc(Cl)cc3)oc2c1. The average molecular weight is 340 g/mol. The van der Waals surface area contributed by atoms with Gasteiger partial charge >= 0.3 is 0 Å². The van der Waals surface area contributed by atoms with Crippen molar-refractivity contribution in [3.05, 3.63) is 64.4 Å². The van der Waals surface area contributed by atoms with Gasteiger partial charge in [0.05, 0.1) is 13.2 Å². The van der Waals surface area contributed by atoms with Gasteiger partial charge in [0.25, 0.3) is 0 Å². The zero-order valence-electron chi connectivity index (χ0n) is 13.0. The fourth-order valence-electron chi connectivity index (χ4n) is 2.60. The summed E-state index contributed by atoms with van der Waals surface area (Å²) in [6.45, 7) is 0. The highest BCUT2D eigenvalue weighted by Gasteiger charge is 2.22. The second-order valence-corrected chi connectivity index (χ2v) is 5.70. The van der Waals surface area contributed by atoms with Gasteiger partial charge in [-0.05, 0) is 42.8 Å². The smallest absolute Gasteiger partial charge is 0.228 e. The topological polar surface area (TPSA) is 63.2 Å². The molecule has 3 aromatic rings. The lowest BCUT2D eigenvalue weighted by Crippen LogP contribution is -2.03. The number of rotatable bonds is 5. The van der Waals surface area contributed by atoms with Gasteiger partial charge in [-0.25, -0.2) is 0 Å². The van der Waals surface area contributed by atoms with Crippen molar-refractivity contribution in [3.63, 3.8) is 0 Å². The number of halogens is 1. The molecule has 0 fully saturated rings. The van der Waals surface area contributed by atoms with E-state index in [-0.39, 0.29) is 11.5 Å². The third-order valence-electron chi connectivity index (χ3n) is 3.80. The first-order chi connectivity index (χ1) is 11.6. The van der Waals surface area contributed by atoms with E-state index in [1.807, 2.05) is 12.1 Å². The van der Waals surface area contributed by atoms with Crippen molar-refractivity contribution < 1.29 is 13.9 Å². The number of aryl methyl sites for hydroxylation is 1. The summed E-state index contributed by atoms with van der Waals surface area (Å²) in [6.07, 6.45) is 0.756. The van der Waals surface area contributed by atoms with Gasteiger partial charge in [0.1, 0.15) is 11.3 Å². The van der Waals surface area contributed by atoms with Crippen LogP contribution in [0.15, 0.2) is 46.9 Å². The quantitative estimate of drug-likeness (QED) is 0.627. The molecule has 2 aromatic carbocycles. The van der Waals surface area contributed by atoms with Crippen LogP contribution < -0.4 is 4.74 Å². The van der Waals surface area contributed by atoms with E-state index in [0.29, 0.717) is 34.8 Å². The molecule has 0 atom stereocenters. The van der Waals surface area contributed by atoms with Crippen molar-refractivity contribution in [2.45, 2.75) is 12.8 Å². The van der Waals surface area contributed by atoms with Gasteiger partial charge in [-0.1, -0.05) is 11.6 Å². The van der Waals surface area contributed by atoms with Crippen molar-refractivity contribution in [2.75, 3.05) is 7.11 Å². The Morgan fingerprint density at radius 2 is 2.00 bits per heavy atom. The van der Waals surface area contributed by atoms with E-state index in [2.05, 4.69) is 6.07 Å². The number of carbonyl (C=O) groups is 1. The molecule has 0 radical (unpaired) electrons. The highest BCUT2D eigenvalue weighted by Crippen LogP contribution is 2.31. The molecule has 3 rings (SSSR count). The van der Waals surface area contributed by atoms with Crippen LogP contribution in [0.1, 0.15) is 28.1 Å². The van der Waals surface area contributed by atoms with Crippen LogP contribution in [-0.2, 0) is 6.42 Å². The summed E-state index contributed by atoms with van der Waals surface area (Å²) >= 11 is 5.88. The predicted molar refractivity (Wildman–Crippen MR) is 91.6 cm³/mol. The average Bonchev–Trinajstić information content (AvgIpc) is 2.97. The molecule has 0 aliphatic rings. The van der Waals surface area contributed by atoms with Gasteiger partial charge in [-0.3, -0.25) is 4.79 Å². The molecule has 0 N–H and O–H groups in total. The maximum absolute atomic E-state index is 12.8. The Hall–Kier alpha value is -2.77. The van der Waals surface area contributed by atoms with Gasteiger partial charge in [0.15, 0.2) is 5.76 Å². The summed E-state index contributed by atoms with van der Waals surface area (Å²) in [5, 5.41) is 10.3. The zero-order valence-corrected chi connectivity index (χ0v) is 13.8. The molecule has 1 heterocycles. The largest absolute Gasteiger partial charge is 0.497 e. The molecule has 0 saturated heterocycles. The highest BCUT2D eigenvalue weighted by molar-refractivity contribution is 6.30. The van der Waals surface area contributed by atoms with E-state index in [1.54, 1.807) is 37.4 Å². The van der Waals surface area contributed by atoms with Gasteiger partial charge < -0.3 is 9.15 Å². The van der Waals surface area contributed by atoms with Crippen LogP contribution in [0.5, 0.6) is 5.75 Å². The third kappa shape index (κ3) is 2.99. The van der Waals surface area contributed by atoms with Gasteiger partial charge in [0.2, 0.25) is 5.78 Å². The number of furan rings is 1. The molecule has 0 spiro atoms. The van der Waals surface area contributed by atoms with Crippen molar-refractivity contribution in [1.82, 2.24) is 0 Å². The van der Waals surface area contributed by atoms with Crippen molar-refractivity contribution in [1.29, 1.82) is 5.26 Å². The summed E-state index contributed by atoms with van der Waals surface area (Å²) in [6, 6.07) is 14.2. The summed E-state index contributed by atoms with van der Waals surface area (Å²) in [5.41, 5.74) is 1.80. The van der Waals surface area contributed by atoms with Crippen LogP contribution in [0, 0.1) is 11.3 Å². The normalized spacial score (nSPS) is 10.5. The van der Waals surface area contributed by atoms with Crippen LogP contribution in [-0.4, -0.2) is 12.9 Å². The number of nitrogens with zero attached hydrogens (tertiary/aromatic N) is 1. The number of ketones is 1. The summed E-state index contributed by atoms with van der Waals surface area (Å²) < 4.78 is 11.0. The molecule has 0 unspecified atom stereocenters. The number of fused-ring (bicyclic) bond motifs is 1. The molecule has 4 nitrogen and oxygen atoms in total. The fourth-order valence-corrected chi connectivity index (χ4v) is 2.73. The number of carbonyl (C=O) groups excluding carboxylic acids is 1. The van der Waals surface area contributed by atoms with E-state index in [4.69, 9.17) is 26.0 Å². The van der Waals surface area contributed by atoms with Crippen LogP contribution in [0.3, 0.4) is 0 Å². The Balaban J connectivity index is 2.12. The first kappa shape index (κ1) is 16.1. The molecule has 0 aliphatic heterocycles. The minimum atomic E-state index is -0.227. The number of ether oxygens (including phenoxy) is 1. The Labute approximate surface area is 144 Å². The molecular weight excluding hydrogens is 326 g/mol. The maximum atomic E-state index is 12.8. The lowest BCUT2D eigenvalue weighted by Gasteiger charge is -2.01. The molecule has 0 amide bonds. The summed E-state index contributed by atoms with van der Waals surface area (Å²) in [5.74, 6) is 0.680. The van der Waals surface area contributed by atoms with E-state index in [1.165, 1.54) is 0 Å². The third-order valence-corrected chi connectivity index (χ3v) is 4.05. The summed E-state index contributed by atoms with van der Waals surface area (Å²) in [7, 11) is 1.57. The number of benzene rings is 2. The molecule has 0 aliphatic carbocycles.